The summed E-state index contributed by atoms with van der Waals surface area (Å²) >= 11 is 0. The summed E-state index contributed by atoms with van der Waals surface area (Å²) in [5.74, 6) is 0.0786. The summed E-state index contributed by atoms with van der Waals surface area (Å²) in [5, 5.41) is 6.47. The fourth-order valence-electron chi connectivity index (χ4n) is 2.20. The minimum atomic E-state index is -0.225. The topological polar surface area (TPSA) is 41.1 Å². The molecule has 0 aromatic heterocycles. The minimum Gasteiger partial charge on any atom is -0.336 e. The Morgan fingerprint density at radius 1 is 1.19 bits per heavy atom. The second kappa shape index (κ2) is 4.26. The van der Waals surface area contributed by atoms with Crippen LogP contribution in [0.2, 0.25) is 0 Å². The van der Waals surface area contributed by atoms with E-state index in [9.17, 15) is 4.79 Å². The molecule has 1 aromatic rings. The maximum atomic E-state index is 11.9. The first-order valence-electron chi connectivity index (χ1n) is 5.85. The number of nitrogens with one attached hydrogen (secondary N) is 2. The molecule has 1 saturated heterocycles. The van der Waals surface area contributed by atoms with Gasteiger partial charge in [0.1, 0.15) is 6.04 Å². The van der Waals surface area contributed by atoms with Gasteiger partial charge in [-0.15, -0.1) is 0 Å². The third-order valence-corrected chi connectivity index (χ3v) is 3.39. The van der Waals surface area contributed by atoms with Crippen LogP contribution in [0, 0.1) is 0 Å². The lowest BCUT2D eigenvalue weighted by Crippen LogP contribution is -2.48. The molecule has 3 nitrogen and oxygen atoms in total. The van der Waals surface area contributed by atoms with Gasteiger partial charge in [0.15, 0.2) is 0 Å². The van der Waals surface area contributed by atoms with E-state index in [-0.39, 0.29) is 17.6 Å². The number of hydrogen-bond acceptors (Lipinski definition) is 2. The molecule has 1 amide bonds. The van der Waals surface area contributed by atoms with Crippen LogP contribution >= 0.6 is 0 Å². The maximum absolute atomic E-state index is 11.9. The van der Waals surface area contributed by atoms with Gasteiger partial charge in [-0.1, -0.05) is 44.2 Å². The molecule has 0 aliphatic carbocycles. The quantitative estimate of drug-likeness (QED) is 0.814. The number of carbonyl (C=O) groups is 1. The number of amides is 1. The average Bonchev–Trinajstić information content (AvgIpc) is 2.69. The number of rotatable bonds is 3. The van der Waals surface area contributed by atoms with Gasteiger partial charge in [0.2, 0.25) is 5.91 Å². The summed E-state index contributed by atoms with van der Waals surface area (Å²) in [4.78, 5) is 11.9. The van der Waals surface area contributed by atoms with Crippen molar-refractivity contribution >= 4 is 5.91 Å². The Bertz CT molecular complexity index is 371. The second-order valence-corrected chi connectivity index (χ2v) is 4.27. The first-order chi connectivity index (χ1) is 7.71. The highest BCUT2D eigenvalue weighted by Gasteiger charge is 2.41. The Morgan fingerprint density at radius 3 is 2.31 bits per heavy atom. The zero-order valence-corrected chi connectivity index (χ0v) is 9.79. The van der Waals surface area contributed by atoms with Crippen molar-refractivity contribution in [1.29, 1.82) is 0 Å². The normalized spacial score (nSPS) is 23.1. The van der Waals surface area contributed by atoms with Crippen LogP contribution in [0.1, 0.15) is 38.3 Å². The maximum Gasteiger partial charge on any atom is 0.243 e. The molecule has 16 heavy (non-hydrogen) atoms. The van der Waals surface area contributed by atoms with Crippen LogP contribution in [0.4, 0.5) is 0 Å². The van der Waals surface area contributed by atoms with E-state index in [1.807, 2.05) is 30.3 Å². The Labute approximate surface area is 96.2 Å². The van der Waals surface area contributed by atoms with E-state index in [1.54, 1.807) is 0 Å². The summed E-state index contributed by atoms with van der Waals surface area (Å²) in [6, 6.07) is 9.64. The Balaban J connectivity index is 2.23. The van der Waals surface area contributed by atoms with E-state index in [0.29, 0.717) is 0 Å². The third kappa shape index (κ3) is 1.83. The summed E-state index contributed by atoms with van der Waals surface area (Å²) in [5.41, 5.74) is 0.807. The largest absolute Gasteiger partial charge is 0.336 e. The van der Waals surface area contributed by atoms with Gasteiger partial charge in [0.25, 0.3) is 0 Å². The smallest absolute Gasteiger partial charge is 0.243 e. The first kappa shape index (κ1) is 11.1. The van der Waals surface area contributed by atoms with Gasteiger partial charge < -0.3 is 5.32 Å². The fraction of sp³-hybridized carbons (Fsp3) is 0.462. The molecule has 0 radical (unpaired) electrons. The molecule has 1 aliphatic rings. The number of benzene rings is 1. The first-order valence-corrected chi connectivity index (χ1v) is 5.85. The summed E-state index contributed by atoms with van der Waals surface area (Å²) in [6.07, 6.45) is 1.80. The predicted molar refractivity (Wildman–Crippen MR) is 63.8 cm³/mol. The Hall–Kier alpha value is -1.35. The molecular weight excluding hydrogens is 200 g/mol. The van der Waals surface area contributed by atoms with E-state index >= 15 is 0 Å². The fourth-order valence-corrected chi connectivity index (χ4v) is 2.20. The molecular formula is C13H18N2O. The predicted octanol–water partition coefficient (Wildman–Crippen LogP) is 1.96. The highest BCUT2D eigenvalue weighted by molar-refractivity contribution is 5.86. The van der Waals surface area contributed by atoms with Crippen molar-refractivity contribution in [2.75, 3.05) is 0 Å². The van der Waals surface area contributed by atoms with Crippen molar-refractivity contribution < 1.29 is 4.79 Å². The number of carbonyl (C=O) groups excluding carboxylic acids is 1. The van der Waals surface area contributed by atoms with Crippen molar-refractivity contribution in [2.24, 2.45) is 0 Å². The van der Waals surface area contributed by atoms with E-state index in [4.69, 9.17) is 0 Å². The van der Waals surface area contributed by atoms with Crippen LogP contribution < -0.4 is 10.6 Å². The monoisotopic (exact) mass is 218 g/mol. The molecule has 1 atom stereocenters. The molecule has 1 unspecified atom stereocenters. The Morgan fingerprint density at radius 2 is 1.81 bits per heavy atom. The Kier molecular flexibility index (Phi) is 2.97. The molecule has 3 heteroatoms. The lowest BCUT2D eigenvalue weighted by molar-refractivity contribution is -0.121. The van der Waals surface area contributed by atoms with Crippen LogP contribution in [0.5, 0.6) is 0 Å². The lowest BCUT2D eigenvalue weighted by Gasteiger charge is -2.27. The van der Waals surface area contributed by atoms with Gasteiger partial charge in [0.05, 0.1) is 5.66 Å². The molecule has 0 saturated carbocycles. The molecule has 2 N–H and O–H groups in total. The van der Waals surface area contributed by atoms with Crippen LogP contribution in [-0.2, 0) is 4.79 Å². The molecule has 1 aliphatic heterocycles. The highest BCUT2D eigenvalue weighted by atomic mass is 16.2. The van der Waals surface area contributed by atoms with Gasteiger partial charge in [-0.05, 0) is 18.4 Å². The zero-order valence-electron chi connectivity index (χ0n) is 9.79. The number of hydrogen-bond donors (Lipinski definition) is 2. The molecule has 1 aromatic carbocycles. The zero-order chi connectivity index (χ0) is 11.6. The van der Waals surface area contributed by atoms with E-state index in [0.717, 1.165) is 18.4 Å². The SMILES string of the molecule is CCC1(CC)NC(=O)C(c2ccccc2)N1. The van der Waals surface area contributed by atoms with Crippen LogP contribution in [0.25, 0.3) is 0 Å². The van der Waals surface area contributed by atoms with Crippen LogP contribution in [0.15, 0.2) is 30.3 Å². The molecule has 0 spiro atoms. The van der Waals surface area contributed by atoms with E-state index in [1.165, 1.54) is 0 Å². The van der Waals surface area contributed by atoms with E-state index in [2.05, 4.69) is 24.5 Å². The van der Waals surface area contributed by atoms with Crippen molar-refractivity contribution in [2.45, 2.75) is 38.4 Å². The minimum absolute atomic E-state index is 0.0786. The molecule has 1 fully saturated rings. The van der Waals surface area contributed by atoms with Gasteiger partial charge in [-0.2, -0.15) is 0 Å². The molecule has 0 bridgehead atoms. The summed E-state index contributed by atoms with van der Waals surface area (Å²) < 4.78 is 0. The van der Waals surface area contributed by atoms with Crippen molar-refractivity contribution in [3.63, 3.8) is 0 Å². The lowest BCUT2D eigenvalue weighted by atomic mass is 10.0. The van der Waals surface area contributed by atoms with Gasteiger partial charge >= 0.3 is 0 Å². The molecule has 2 rings (SSSR count). The van der Waals surface area contributed by atoms with Gasteiger partial charge in [0, 0.05) is 0 Å². The average molecular weight is 218 g/mol. The second-order valence-electron chi connectivity index (χ2n) is 4.27. The van der Waals surface area contributed by atoms with Crippen LogP contribution in [0.3, 0.4) is 0 Å². The third-order valence-electron chi connectivity index (χ3n) is 3.39. The van der Waals surface area contributed by atoms with E-state index < -0.39 is 0 Å². The highest BCUT2D eigenvalue weighted by Crippen LogP contribution is 2.26. The van der Waals surface area contributed by atoms with Gasteiger partial charge in [-0.25, -0.2) is 0 Å². The van der Waals surface area contributed by atoms with Gasteiger partial charge in [-0.3, -0.25) is 10.1 Å². The summed E-state index contributed by atoms with van der Waals surface area (Å²) in [7, 11) is 0. The van der Waals surface area contributed by atoms with Crippen LogP contribution in [-0.4, -0.2) is 11.6 Å². The standard InChI is InChI=1S/C13H18N2O/c1-3-13(4-2)14-11(12(16)15-13)10-8-6-5-7-9-10/h5-9,11,14H,3-4H2,1-2H3,(H,15,16). The molecule has 86 valence electrons. The summed E-state index contributed by atoms with van der Waals surface area (Å²) in [6.45, 7) is 4.17. The molecule has 1 heterocycles. The van der Waals surface area contributed by atoms with Crippen molar-refractivity contribution in [1.82, 2.24) is 10.6 Å². The van der Waals surface area contributed by atoms with Crippen molar-refractivity contribution in [3.8, 4) is 0 Å². The van der Waals surface area contributed by atoms with Crippen molar-refractivity contribution in [3.05, 3.63) is 35.9 Å².